The summed E-state index contributed by atoms with van der Waals surface area (Å²) in [5.74, 6) is -0.316. The van der Waals surface area contributed by atoms with E-state index in [1.54, 1.807) is 6.92 Å². The lowest BCUT2D eigenvalue weighted by atomic mass is 10.6. The maximum Gasteiger partial charge on any atom is 0.265 e. The van der Waals surface area contributed by atoms with Crippen LogP contribution in [0.3, 0.4) is 0 Å². The van der Waals surface area contributed by atoms with Crippen LogP contribution in [0.1, 0.15) is 6.92 Å². The molecule has 0 atom stereocenters. The smallest absolute Gasteiger partial charge is 0.265 e. The van der Waals surface area contributed by atoms with Crippen molar-refractivity contribution in [2.24, 2.45) is 0 Å². The molecular weight excluding hydrogens is 194 g/mol. The topological polar surface area (TPSA) is 84.8 Å². The van der Waals surface area contributed by atoms with Crippen molar-refractivity contribution in [1.29, 1.82) is 0 Å². The molecular formula is C5H9N5O2S. The van der Waals surface area contributed by atoms with Crippen molar-refractivity contribution < 1.29 is 9.63 Å². The van der Waals surface area contributed by atoms with Crippen molar-refractivity contribution in [1.82, 2.24) is 25.7 Å². The molecule has 0 saturated carbocycles. The molecule has 2 N–H and O–H groups in total. The highest BCUT2D eigenvalue weighted by atomic mass is 32.1. The zero-order valence-corrected chi connectivity index (χ0v) is 7.80. The molecule has 7 nitrogen and oxygen atoms in total. The Balaban J connectivity index is 2.46. The van der Waals surface area contributed by atoms with Gasteiger partial charge in [0.2, 0.25) is 4.77 Å². The molecule has 0 fully saturated rings. The Bertz CT molecular complexity index is 332. The van der Waals surface area contributed by atoms with Gasteiger partial charge in [-0.05, 0) is 19.1 Å². The second-order valence-electron chi connectivity index (χ2n) is 2.13. The first kappa shape index (κ1) is 9.81. The number of aromatic nitrogens is 4. The molecule has 13 heavy (non-hydrogen) atoms. The van der Waals surface area contributed by atoms with Crippen LogP contribution in [0.25, 0.3) is 0 Å². The molecule has 0 unspecified atom stereocenters. The number of rotatable bonds is 4. The number of hydrogen-bond acceptors (Lipinski definition) is 5. The van der Waals surface area contributed by atoms with Crippen LogP contribution in [0.4, 0.5) is 0 Å². The van der Waals surface area contributed by atoms with E-state index in [1.165, 1.54) is 4.68 Å². The van der Waals surface area contributed by atoms with E-state index in [-0.39, 0.29) is 17.2 Å². The number of amides is 1. The Labute approximate surface area is 79.0 Å². The molecule has 1 heterocycles. The number of tetrazole rings is 1. The van der Waals surface area contributed by atoms with Crippen molar-refractivity contribution in [2.45, 2.75) is 13.5 Å². The minimum atomic E-state index is -0.316. The molecule has 72 valence electrons. The number of carbonyl (C=O) groups is 1. The molecule has 1 aromatic rings. The van der Waals surface area contributed by atoms with E-state index >= 15 is 0 Å². The van der Waals surface area contributed by atoms with Gasteiger partial charge in [-0.2, -0.15) is 5.21 Å². The summed E-state index contributed by atoms with van der Waals surface area (Å²) in [6, 6.07) is 0. The van der Waals surface area contributed by atoms with E-state index in [1.807, 2.05) is 0 Å². The molecule has 0 aromatic carbocycles. The highest BCUT2D eigenvalue weighted by molar-refractivity contribution is 7.71. The lowest BCUT2D eigenvalue weighted by Crippen LogP contribution is -2.28. The normalized spacial score (nSPS) is 9.92. The van der Waals surface area contributed by atoms with Crippen LogP contribution in [-0.4, -0.2) is 32.7 Å². The summed E-state index contributed by atoms with van der Waals surface area (Å²) in [6.07, 6.45) is 0. The Hall–Kier alpha value is -1.28. The first-order valence-corrected chi connectivity index (χ1v) is 4.03. The third kappa shape index (κ3) is 2.92. The van der Waals surface area contributed by atoms with Crippen LogP contribution >= 0.6 is 12.2 Å². The fourth-order valence-corrected chi connectivity index (χ4v) is 0.794. The van der Waals surface area contributed by atoms with Gasteiger partial charge in [-0.1, -0.05) is 10.3 Å². The van der Waals surface area contributed by atoms with Crippen molar-refractivity contribution in [2.75, 3.05) is 6.61 Å². The zero-order chi connectivity index (χ0) is 9.68. The third-order valence-electron chi connectivity index (χ3n) is 1.16. The summed E-state index contributed by atoms with van der Waals surface area (Å²) in [7, 11) is 0. The molecule has 0 aliphatic heterocycles. The van der Waals surface area contributed by atoms with Crippen LogP contribution in [0, 0.1) is 4.77 Å². The largest absolute Gasteiger partial charge is 0.274 e. The molecule has 0 bridgehead atoms. The van der Waals surface area contributed by atoms with Gasteiger partial charge in [-0.25, -0.2) is 10.2 Å². The van der Waals surface area contributed by atoms with Crippen molar-refractivity contribution in [3.05, 3.63) is 4.77 Å². The van der Waals surface area contributed by atoms with E-state index in [0.29, 0.717) is 6.61 Å². The predicted octanol–water partition coefficient (Wildman–Crippen LogP) is -0.597. The fraction of sp³-hybridized carbons (Fsp3) is 0.600. The summed E-state index contributed by atoms with van der Waals surface area (Å²) < 4.78 is 1.55. The quantitative estimate of drug-likeness (QED) is 0.504. The van der Waals surface area contributed by atoms with Crippen molar-refractivity contribution >= 4 is 18.1 Å². The summed E-state index contributed by atoms with van der Waals surface area (Å²) in [5, 5.41) is 9.37. The second kappa shape index (κ2) is 4.67. The van der Waals surface area contributed by atoms with Crippen LogP contribution in [0.2, 0.25) is 0 Å². The number of H-pyrrole nitrogens is 1. The average Bonchev–Trinajstić information content (AvgIpc) is 2.48. The van der Waals surface area contributed by atoms with E-state index in [9.17, 15) is 4.79 Å². The highest BCUT2D eigenvalue weighted by Crippen LogP contribution is 1.83. The minimum absolute atomic E-state index is 0.0197. The zero-order valence-electron chi connectivity index (χ0n) is 6.98. The maximum absolute atomic E-state index is 11.0. The number of nitrogens with one attached hydrogen (secondary N) is 2. The summed E-state index contributed by atoms with van der Waals surface area (Å²) in [5.41, 5.74) is 2.22. The van der Waals surface area contributed by atoms with Gasteiger partial charge in [0.15, 0.2) is 0 Å². The Morgan fingerprint density at radius 3 is 3.15 bits per heavy atom. The van der Waals surface area contributed by atoms with E-state index in [0.717, 1.165) is 0 Å². The Morgan fingerprint density at radius 2 is 2.62 bits per heavy atom. The van der Waals surface area contributed by atoms with E-state index < -0.39 is 0 Å². The van der Waals surface area contributed by atoms with Gasteiger partial charge in [0.05, 0.1) is 6.61 Å². The van der Waals surface area contributed by atoms with Crippen molar-refractivity contribution in [3.8, 4) is 0 Å². The van der Waals surface area contributed by atoms with Gasteiger partial charge in [-0.3, -0.25) is 9.63 Å². The maximum atomic E-state index is 11.0. The number of carbonyl (C=O) groups excluding carboxylic acids is 1. The number of aromatic amines is 1. The van der Waals surface area contributed by atoms with Gasteiger partial charge < -0.3 is 0 Å². The molecule has 0 spiro atoms. The van der Waals surface area contributed by atoms with Gasteiger partial charge in [0.1, 0.15) is 6.54 Å². The molecule has 0 saturated heterocycles. The first-order valence-electron chi connectivity index (χ1n) is 3.62. The molecule has 1 amide bonds. The van der Waals surface area contributed by atoms with Crippen molar-refractivity contribution in [3.63, 3.8) is 0 Å². The van der Waals surface area contributed by atoms with Gasteiger partial charge in [0, 0.05) is 0 Å². The first-order chi connectivity index (χ1) is 6.24. The number of nitrogens with zero attached hydrogens (tertiary/aromatic N) is 3. The summed E-state index contributed by atoms with van der Waals surface area (Å²) in [4.78, 5) is 15.7. The van der Waals surface area contributed by atoms with Crippen LogP contribution in [-0.2, 0) is 16.2 Å². The van der Waals surface area contributed by atoms with Gasteiger partial charge in [0.25, 0.3) is 5.91 Å². The lowest BCUT2D eigenvalue weighted by molar-refractivity contribution is -0.134. The van der Waals surface area contributed by atoms with Crippen LogP contribution in [0.15, 0.2) is 0 Å². The minimum Gasteiger partial charge on any atom is -0.274 e. The predicted molar refractivity (Wildman–Crippen MR) is 45.0 cm³/mol. The number of hydroxylamine groups is 1. The molecule has 0 aliphatic carbocycles. The van der Waals surface area contributed by atoms with E-state index in [2.05, 4.69) is 25.8 Å². The SMILES string of the molecule is CCONC(=O)Cn1[nH]nnc1=S. The molecule has 0 radical (unpaired) electrons. The van der Waals surface area contributed by atoms with Crippen LogP contribution in [0.5, 0.6) is 0 Å². The van der Waals surface area contributed by atoms with Gasteiger partial charge >= 0.3 is 0 Å². The standard InChI is InChI=1S/C5H9N5O2S/c1-2-12-7-4(11)3-10-5(13)6-8-9-10/h2-3H2,1H3,(H,7,11)(H,6,9,13). The van der Waals surface area contributed by atoms with E-state index in [4.69, 9.17) is 12.2 Å². The Kier molecular flexibility index (Phi) is 3.53. The molecule has 8 heteroatoms. The molecule has 1 aromatic heterocycles. The van der Waals surface area contributed by atoms with Gasteiger partial charge in [-0.15, -0.1) is 0 Å². The number of hydrogen-bond donors (Lipinski definition) is 2. The second-order valence-corrected chi connectivity index (χ2v) is 2.49. The summed E-state index contributed by atoms with van der Waals surface area (Å²) >= 11 is 4.75. The fourth-order valence-electron chi connectivity index (χ4n) is 0.647. The highest BCUT2D eigenvalue weighted by Gasteiger charge is 2.03. The molecule has 1 rings (SSSR count). The third-order valence-corrected chi connectivity index (χ3v) is 1.47. The summed E-state index contributed by atoms with van der Waals surface area (Å²) in [6.45, 7) is 2.20. The van der Waals surface area contributed by atoms with Crippen LogP contribution < -0.4 is 5.48 Å². The lowest BCUT2D eigenvalue weighted by Gasteiger charge is -2.02. The Morgan fingerprint density at radius 1 is 1.85 bits per heavy atom. The monoisotopic (exact) mass is 203 g/mol. The molecule has 0 aliphatic rings. The average molecular weight is 203 g/mol.